The molecule has 0 heterocycles. The van der Waals surface area contributed by atoms with Crippen molar-refractivity contribution in [3.05, 3.63) is 0 Å². The molecular formula is C7H11NO4S. The lowest BCUT2D eigenvalue weighted by Gasteiger charge is -2.01. The molecule has 0 aromatic heterocycles. The highest BCUT2D eigenvalue weighted by Crippen LogP contribution is 1.92. The molecule has 0 saturated heterocycles. The summed E-state index contributed by atoms with van der Waals surface area (Å²) in [6.07, 6.45) is 0.643. The van der Waals surface area contributed by atoms with Crippen LogP contribution < -0.4 is 0 Å². The van der Waals surface area contributed by atoms with Crippen molar-refractivity contribution in [1.29, 1.82) is 5.26 Å². The van der Waals surface area contributed by atoms with Gasteiger partial charge in [0, 0.05) is 0 Å². The van der Waals surface area contributed by atoms with Gasteiger partial charge in [0.05, 0.1) is 12.7 Å². The molecule has 0 aliphatic carbocycles. The van der Waals surface area contributed by atoms with Gasteiger partial charge in [0.1, 0.15) is 11.5 Å². The Morgan fingerprint density at radius 3 is 2.62 bits per heavy atom. The van der Waals surface area contributed by atoms with Crippen molar-refractivity contribution in [1.82, 2.24) is 0 Å². The largest absolute Gasteiger partial charge is 0.465 e. The summed E-state index contributed by atoms with van der Waals surface area (Å²) < 4.78 is 26.3. The molecule has 13 heavy (non-hydrogen) atoms. The van der Waals surface area contributed by atoms with Gasteiger partial charge in [-0.15, -0.1) is 0 Å². The molecule has 5 nitrogen and oxygen atoms in total. The maximum atomic E-state index is 10.9. The lowest BCUT2D eigenvalue weighted by Crippen LogP contribution is -2.20. The topological polar surface area (TPSA) is 84.2 Å². The Labute approximate surface area is 77.2 Å². The zero-order valence-corrected chi connectivity index (χ0v) is 8.13. The second-order valence-corrected chi connectivity index (χ2v) is 4.48. The number of hydrogen-bond donors (Lipinski definition) is 0. The molecule has 0 atom stereocenters. The SMILES string of the molecule is CCCOC(=O)CS(=O)(=O)CC#N. The summed E-state index contributed by atoms with van der Waals surface area (Å²) in [7, 11) is -3.60. The lowest BCUT2D eigenvalue weighted by molar-refractivity contribution is -0.140. The number of sulfone groups is 1. The molecule has 0 amide bonds. The number of carbonyl (C=O) groups excluding carboxylic acids is 1. The van der Waals surface area contributed by atoms with Gasteiger partial charge in [-0.1, -0.05) is 6.92 Å². The van der Waals surface area contributed by atoms with E-state index in [0.717, 1.165) is 0 Å². The quantitative estimate of drug-likeness (QED) is 0.584. The van der Waals surface area contributed by atoms with Crippen LogP contribution >= 0.6 is 0 Å². The molecule has 0 aliphatic heterocycles. The monoisotopic (exact) mass is 205 g/mol. The van der Waals surface area contributed by atoms with Crippen molar-refractivity contribution < 1.29 is 17.9 Å². The standard InChI is InChI=1S/C7H11NO4S/c1-2-4-12-7(9)6-13(10,11)5-3-8/h2,4-6H2,1H3. The van der Waals surface area contributed by atoms with Gasteiger partial charge in [-0.3, -0.25) is 4.79 Å². The van der Waals surface area contributed by atoms with Crippen molar-refractivity contribution in [3.63, 3.8) is 0 Å². The molecule has 0 aromatic carbocycles. The van der Waals surface area contributed by atoms with E-state index in [1.54, 1.807) is 6.92 Å². The van der Waals surface area contributed by atoms with Crippen LogP contribution in [0.25, 0.3) is 0 Å². The van der Waals surface area contributed by atoms with Gasteiger partial charge in [0.2, 0.25) is 0 Å². The number of nitriles is 1. The highest BCUT2D eigenvalue weighted by molar-refractivity contribution is 7.92. The van der Waals surface area contributed by atoms with Crippen LogP contribution in [0.4, 0.5) is 0 Å². The fraction of sp³-hybridized carbons (Fsp3) is 0.714. The summed E-state index contributed by atoms with van der Waals surface area (Å²) >= 11 is 0. The van der Waals surface area contributed by atoms with Crippen molar-refractivity contribution in [2.24, 2.45) is 0 Å². The molecule has 0 aliphatic rings. The van der Waals surface area contributed by atoms with Crippen molar-refractivity contribution >= 4 is 15.8 Å². The average molecular weight is 205 g/mol. The minimum atomic E-state index is -3.60. The molecule has 0 unspecified atom stereocenters. The molecule has 0 rings (SSSR count). The van der Waals surface area contributed by atoms with E-state index in [-0.39, 0.29) is 6.61 Å². The van der Waals surface area contributed by atoms with Crippen LogP contribution in [0, 0.1) is 11.3 Å². The first-order valence-electron chi connectivity index (χ1n) is 3.75. The summed E-state index contributed by atoms with van der Waals surface area (Å²) in [5.74, 6) is -2.15. The normalized spacial score (nSPS) is 10.5. The summed E-state index contributed by atoms with van der Waals surface area (Å²) in [6, 6.07) is 1.47. The third-order valence-electron chi connectivity index (χ3n) is 1.09. The second-order valence-electron chi connectivity index (χ2n) is 2.41. The predicted molar refractivity (Wildman–Crippen MR) is 45.5 cm³/mol. The lowest BCUT2D eigenvalue weighted by atomic mass is 10.5. The minimum Gasteiger partial charge on any atom is -0.465 e. The van der Waals surface area contributed by atoms with E-state index in [1.165, 1.54) is 6.07 Å². The molecular weight excluding hydrogens is 194 g/mol. The predicted octanol–water partition coefficient (Wildman–Crippen LogP) is -0.122. The van der Waals surface area contributed by atoms with E-state index in [0.29, 0.717) is 6.42 Å². The molecule has 0 radical (unpaired) electrons. The summed E-state index contributed by atoms with van der Waals surface area (Å²) in [5.41, 5.74) is 0. The first-order valence-corrected chi connectivity index (χ1v) is 5.57. The highest BCUT2D eigenvalue weighted by Gasteiger charge is 2.16. The fourth-order valence-corrected chi connectivity index (χ4v) is 1.33. The van der Waals surface area contributed by atoms with Gasteiger partial charge in [0.25, 0.3) is 0 Å². The molecule has 0 saturated carbocycles. The van der Waals surface area contributed by atoms with Crippen LogP contribution in [0.2, 0.25) is 0 Å². The van der Waals surface area contributed by atoms with Gasteiger partial charge in [-0.05, 0) is 6.42 Å². The Balaban J connectivity index is 3.99. The van der Waals surface area contributed by atoms with Crippen LogP contribution in [0.1, 0.15) is 13.3 Å². The van der Waals surface area contributed by atoms with Gasteiger partial charge < -0.3 is 4.74 Å². The van der Waals surface area contributed by atoms with Gasteiger partial charge in [-0.25, -0.2) is 8.42 Å². The van der Waals surface area contributed by atoms with Crippen LogP contribution in [0.5, 0.6) is 0 Å². The fourth-order valence-electron chi connectivity index (χ4n) is 0.587. The van der Waals surface area contributed by atoms with Crippen LogP contribution in [-0.2, 0) is 19.4 Å². The maximum Gasteiger partial charge on any atom is 0.321 e. The smallest absolute Gasteiger partial charge is 0.321 e. The zero-order chi connectivity index (χ0) is 10.3. The van der Waals surface area contributed by atoms with Crippen molar-refractivity contribution in [2.75, 3.05) is 18.1 Å². The van der Waals surface area contributed by atoms with Crippen LogP contribution in [0.3, 0.4) is 0 Å². The number of ether oxygens (including phenoxy) is 1. The van der Waals surface area contributed by atoms with E-state index in [2.05, 4.69) is 4.74 Å². The number of rotatable bonds is 5. The number of carbonyl (C=O) groups is 1. The summed E-state index contributed by atoms with van der Waals surface area (Å²) in [4.78, 5) is 10.8. The molecule has 0 fully saturated rings. The first kappa shape index (κ1) is 11.9. The molecule has 0 spiro atoms. The number of nitrogens with zero attached hydrogens (tertiary/aromatic N) is 1. The van der Waals surface area contributed by atoms with E-state index >= 15 is 0 Å². The van der Waals surface area contributed by atoms with Gasteiger partial charge in [-0.2, -0.15) is 5.26 Å². The highest BCUT2D eigenvalue weighted by atomic mass is 32.2. The van der Waals surface area contributed by atoms with Crippen LogP contribution in [0.15, 0.2) is 0 Å². The zero-order valence-electron chi connectivity index (χ0n) is 7.32. The molecule has 0 aromatic rings. The Hall–Kier alpha value is -1.09. The Morgan fingerprint density at radius 2 is 2.15 bits per heavy atom. The molecule has 74 valence electrons. The Kier molecular flexibility index (Phi) is 5.07. The van der Waals surface area contributed by atoms with Crippen LogP contribution in [-0.4, -0.2) is 32.5 Å². The van der Waals surface area contributed by atoms with E-state index in [1.807, 2.05) is 0 Å². The number of esters is 1. The van der Waals surface area contributed by atoms with Crippen molar-refractivity contribution in [3.8, 4) is 6.07 Å². The van der Waals surface area contributed by atoms with E-state index < -0.39 is 27.3 Å². The van der Waals surface area contributed by atoms with Gasteiger partial charge in [0.15, 0.2) is 9.84 Å². The number of hydrogen-bond acceptors (Lipinski definition) is 5. The second kappa shape index (κ2) is 5.54. The summed E-state index contributed by atoms with van der Waals surface area (Å²) in [5, 5.41) is 8.11. The third-order valence-corrected chi connectivity index (χ3v) is 2.33. The third kappa shape index (κ3) is 6.11. The van der Waals surface area contributed by atoms with E-state index in [4.69, 9.17) is 5.26 Å². The minimum absolute atomic E-state index is 0.209. The Morgan fingerprint density at radius 1 is 1.54 bits per heavy atom. The van der Waals surface area contributed by atoms with Gasteiger partial charge >= 0.3 is 5.97 Å². The molecule has 0 N–H and O–H groups in total. The average Bonchev–Trinajstić information content (AvgIpc) is 1.99. The van der Waals surface area contributed by atoms with E-state index in [9.17, 15) is 13.2 Å². The molecule has 0 bridgehead atoms. The maximum absolute atomic E-state index is 10.9. The first-order chi connectivity index (χ1) is 6.02. The van der Waals surface area contributed by atoms with Crippen molar-refractivity contribution in [2.45, 2.75) is 13.3 Å². The summed E-state index contributed by atoms with van der Waals surface area (Å²) in [6.45, 7) is 2.01. The molecule has 6 heteroatoms. The Bertz CT molecular complexity index is 301.